The molecule has 0 atom stereocenters. The summed E-state index contributed by atoms with van der Waals surface area (Å²) >= 11 is 0. The van der Waals surface area contributed by atoms with Gasteiger partial charge in [0.2, 0.25) is 0 Å². The fourth-order valence-electron chi connectivity index (χ4n) is 2.99. The van der Waals surface area contributed by atoms with Crippen molar-refractivity contribution in [2.45, 2.75) is 70.8 Å². The molecule has 1 N–H and O–H groups in total. The Labute approximate surface area is 185 Å². The molecule has 3 rings (SSSR count). The maximum absolute atomic E-state index is 8.52. The quantitative estimate of drug-likeness (QED) is 0.496. The van der Waals surface area contributed by atoms with E-state index in [9.17, 15) is 0 Å². The highest BCUT2D eigenvalue weighted by Gasteiger charge is 2.32. The first-order valence-corrected chi connectivity index (χ1v) is 11.3. The topological polar surface area (TPSA) is 103 Å². The van der Waals surface area contributed by atoms with E-state index in [4.69, 9.17) is 47.7 Å². The van der Waals surface area contributed by atoms with Gasteiger partial charge < -0.3 is 47.7 Å². The van der Waals surface area contributed by atoms with Crippen molar-refractivity contribution in [3.8, 4) is 0 Å². The molecular formula is C21H40O10. The standard InChI is InChI=1S/C13H24O6.C8H16O4/c1-12(14-6-3-7-15-12)18-10-5-11-19-13(2)16-8-4-9-17-13;1-8(10-5-2-4-9)11-6-3-7-12-8/h3-11H2,1-2H3;9H,2-7H2,1H3. The number of rotatable bonds is 10. The van der Waals surface area contributed by atoms with Crippen molar-refractivity contribution < 1.29 is 47.7 Å². The van der Waals surface area contributed by atoms with E-state index in [0.29, 0.717) is 65.9 Å². The second-order valence-electron chi connectivity index (χ2n) is 7.71. The third-order valence-electron chi connectivity index (χ3n) is 4.74. The fraction of sp³-hybridized carbons (Fsp3) is 1.00. The summed E-state index contributed by atoms with van der Waals surface area (Å²) in [6, 6.07) is 0. The maximum atomic E-state index is 8.52. The lowest BCUT2D eigenvalue weighted by molar-refractivity contribution is -0.396. The fourth-order valence-corrected chi connectivity index (χ4v) is 2.99. The first-order valence-electron chi connectivity index (χ1n) is 11.3. The molecule has 3 aliphatic rings. The van der Waals surface area contributed by atoms with Gasteiger partial charge in [-0.05, 0) is 32.1 Å². The second-order valence-corrected chi connectivity index (χ2v) is 7.71. The summed E-state index contributed by atoms with van der Waals surface area (Å²) in [6.45, 7) is 11.0. The Morgan fingerprint density at radius 3 is 1.13 bits per heavy atom. The van der Waals surface area contributed by atoms with Crippen molar-refractivity contribution >= 4 is 0 Å². The Balaban J connectivity index is 0.000000245. The van der Waals surface area contributed by atoms with E-state index in [-0.39, 0.29) is 6.61 Å². The monoisotopic (exact) mass is 452 g/mol. The van der Waals surface area contributed by atoms with Crippen LogP contribution in [0.3, 0.4) is 0 Å². The molecule has 184 valence electrons. The molecule has 0 aromatic heterocycles. The molecule has 3 fully saturated rings. The number of aliphatic hydroxyl groups excluding tert-OH is 1. The van der Waals surface area contributed by atoms with Gasteiger partial charge in [-0.3, -0.25) is 0 Å². The lowest BCUT2D eigenvalue weighted by atomic mass is 10.4. The van der Waals surface area contributed by atoms with Crippen molar-refractivity contribution in [2.75, 3.05) is 66.1 Å². The molecule has 3 aliphatic heterocycles. The van der Waals surface area contributed by atoms with Crippen molar-refractivity contribution in [1.82, 2.24) is 0 Å². The van der Waals surface area contributed by atoms with Crippen molar-refractivity contribution in [3.63, 3.8) is 0 Å². The van der Waals surface area contributed by atoms with Crippen LogP contribution < -0.4 is 0 Å². The van der Waals surface area contributed by atoms with Gasteiger partial charge >= 0.3 is 0 Å². The lowest BCUT2D eigenvalue weighted by Gasteiger charge is -2.34. The Hall–Kier alpha value is -0.400. The minimum Gasteiger partial charge on any atom is -0.396 e. The van der Waals surface area contributed by atoms with Crippen LogP contribution in [0.15, 0.2) is 0 Å². The van der Waals surface area contributed by atoms with Crippen molar-refractivity contribution in [3.05, 3.63) is 0 Å². The minimum atomic E-state index is -0.903. The van der Waals surface area contributed by atoms with Crippen LogP contribution in [-0.4, -0.2) is 89.1 Å². The number of aliphatic hydroxyl groups is 1. The zero-order chi connectivity index (χ0) is 22.5. The van der Waals surface area contributed by atoms with Gasteiger partial charge in [-0.1, -0.05) is 0 Å². The third kappa shape index (κ3) is 10.8. The molecule has 10 nitrogen and oxygen atoms in total. The summed E-state index contributed by atoms with van der Waals surface area (Å²) in [4.78, 5) is 0. The van der Waals surface area contributed by atoms with E-state index < -0.39 is 17.9 Å². The van der Waals surface area contributed by atoms with Gasteiger partial charge in [-0.2, -0.15) is 0 Å². The van der Waals surface area contributed by atoms with Crippen molar-refractivity contribution in [2.24, 2.45) is 0 Å². The van der Waals surface area contributed by atoms with Crippen LogP contribution in [0.4, 0.5) is 0 Å². The summed E-state index contributed by atoms with van der Waals surface area (Å²) in [6.07, 6.45) is 4.08. The van der Waals surface area contributed by atoms with Crippen molar-refractivity contribution in [1.29, 1.82) is 0 Å². The van der Waals surface area contributed by atoms with Gasteiger partial charge in [0.1, 0.15) is 0 Å². The molecule has 0 bridgehead atoms. The van der Waals surface area contributed by atoms with Crippen LogP contribution in [0, 0.1) is 0 Å². The summed E-state index contributed by atoms with van der Waals surface area (Å²) < 4.78 is 48.8. The van der Waals surface area contributed by atoms with Gasteiger partial charge in [-0.25, -0.2) is 0 Å². The van der Waals surface area contributed by atoms with E-state index >= 15 is 0 Å². The van der Waals surface area contributed by atoms with Gasteiger partial charge in [-0.15, -0.1) is 0 Å². The molecule has 0 aliphatic carbocycles. The molecule has 3 saturated heterocycles. The predicted molar refractivity (Wildman–Crippen MR) is 109 cm³/mol. The van der Waals surface area contributed by atoms with E-state index in [1.807, 2.05) is 0 Å². The van der Waals surface area contributed by atoms with Crippen LogP contribution in [0.1, 0.15) is 52.9 Å². The zero-order valence-electron chi connectivity index (χ0n) is 19.2. The SMILES string of the molecule is CC1(OCCCO)OCCCO1.CC1(OCCCOC2(C)OCCCO2)OCCCO1. The summed E-state index contributed by atoms with van der Waals surface area (Å²) in [7, 11) is 0. The largest absolute Gasteiger partial charge is 0.396 e. The molecule has 0 saturated carbocycles. The summed E-state index contributed by atoms with van der Waals surface area (Å²) in [5.74, 6) is -2.69. The molecule has 0 spiro atoms. The van der Waals surface area contributed by atoms with E-state index in [2.05, 4.69) is 0 Å². The van der Waals surface area contributed by atoms with Crippen LogP contribution >= 0.6 is 0 Å². The molecule has 0 amide bonds. The van der Waals surface area contributed by atoms with Crippen LogP contribution in [0.2, 0.25) is 0 Å². The number of ether oxygens (including phenoxy) is 9. The second kappa shape index (κ2) is 14.0. The van der Waals surface area contributed by atoms with Gasteiger partial charge in [0, 0.05) is 27.4 Å². The molecule has 0 unspecified atom stereocenters. The Kier molecular flexibility index (Phi) is 12.1. The average Bonchev–Trinajstić information content (AvgIpc) is 2.75. The lowest BCUT2D eigenvalue weighted by Crippen LogP contribution is -2.41. The smallest absolute Gasteiger partial charge is 0.279 e. The maximum Gasteiger partial charge on any atom is 0.279 e. The number of hydrogen-bond acceptors (Lipinski definition) is 10. The molecular weight excluding hydrogens is 412 g/mol. The Bertz CT molecular complexity index is 431. The van der Waals surface area contributed by atoms with Crippen LogP contribution in [0.25, 0.3) is 0 Å². The molecule has 0 radical (unpaired) electrons. The van der Waals surface area contributed by atoms with Gasteiger partial charge in [0.15, 0.2) is 0 Å². The average molecular weight is 453 g/mol. The van der Waals surface area contributed by atoms with Gasteiger partial charge in [0.25, 0.3) is 17.9 Å². The van der Waals surface area contributed by atoms with E-state index in [0.717, 1.165) is 25.7 Å². The predicted octanol–water partition coefficient (Wildman–Crippen LogP) is 2.13. The molecule has 0 aromatic rings. The Morgan fingerprint density at radius 2 is 0.839 bits per heavy atom. The number of hydrogen-bond donors (Lipinski definition) is 1. The van der Waals surface area contributed by atoms with Crippen LogP contribution in [-0.2, 0) is 42.6 Å². The van der Waals surface area contributed by atoms with E-state index in [1.54, 1.807) is 20.8 Å². The third-order valence-corrected chi connectivity index (χ3v) is 4.74. The first kappa shape index (κ1) is 26.8. The normalized spacial score (nSPS) is 24.8. The van der Waals surface area contributed by atoms with Crippen LogP contribution in [0.5, 0.6) is 0 Å². The highest BCUT2D eigenvalue weighted by molar-refractivity contribution is 4.57. The minimum absolute atomic E-state index is 0.135. The highest BCUT2D eigenvalue weighted by atomic mass is 16.9. The first-order chi connectivity index (χ1) is 14.9. The summed E-state index contributed by atoms with van der Waals surface area (Å²) in [5.41, 5.74) is 0. The zero-order valence-corrected chi connectivity index (χ0v) is 19.2. The van der Waals surface area contributed by atoms with Gasteiger partial charge in [0.05, 0.1) is 59.5 Å². The Morgan fingerprint density at radius 1 is 0.548 bits per heavy atom. The molecule has 31 heavy (non-hydrogen) atoms. The highest BCUT2D eigenvalue weighted by Crippen LogP contribution is 2.22. The molecule has 3 heterocycles. The molecule has 10 heteroatoms. The molecule has 0 aromatic carbocycles. The van der Waals surface area contributed by atoms with E-state index in [1.165, 1.54) is 0 Å². The summed E-state index contributed by atoms with van der Waals surface area (Å²) in [5, 5.41) is 8.52.